The summed E-state index contributed by atoms with van der Waals surface area (Å²) in [5, 5.41) is 3.86. The van der Waals surface area contributed by atoms with Crippen LogP contribution in [0.1, 0.15) is 19.4 Å². The minimum Gasteiger partial charge on any atom is -0.491 e. The van der Waals surface area contributed by atoms with Crippen LogP contribution in [-0.4, -0.2) is 49.8 Å². The Bertz CT molecular complexity index is 1140. The van der Waals surface area contributed by atoms with Gasteiger partial charge < -0.3 is 24.4 Å². The normalized spacial score (nSPS) is 19.3. The Morgan fingerprint density at radius 2 is 2.08 bits per heavy atom. The number of likely N-dealkylation sites (N-methyl/N-ethyl adjacent to an activating group) is 1. The molecule has 1 fully saturated rings. The Labute approximate surface area is 221 Å². The van der Waals surface area contributed by atoms with E-state index in [9.17, 15) is 4.79 Å². The van der Waals surface area contributed by atoms with Crippen LogP contribution in [0.15, 0.2) is 61.2 Å². The molecule has 1 aromatic heterocycles. The van der Waals surface area contributed by atoms with E-state index in [0.717, 1.165) is 24.5 Å². The van der Waals surface area contributed by atoms with Crippen LogP contribution in [0.3, 0.4) is 0 Å². The molecular formula is C26H31Cl2N4O4+. The van der Waals surface area contributed by atoms with Crippen LogP contribution in [0.5, 0.6) is 5.75 Å². The van der Waals surface area contributed by atoms with Crippen molar-refractivity contribution in [3.63, 3.8) is 0 Å². The summed E-state index contributed by atoms with van der Waals surface area (Å²) in [6.45, 7) is 6.86. The number of H-pyrrole nitrogens is 1. The molecule has 2 N–H and O–H groups in total. The van der Waals surface area contributed by atoms with Crippen molar-refractivity contribution in [2.75, 3.05) is 37.7 Å². The first-order valence-electron chi connectivity index (χ1n) is 11.9. The molecule has 1 amide bonds. The number of rotatable bonds is 11. The number of halogens is 2. The van der Waals surface area contributed by atoms with Gasteiger partial charge in [0.2, 0.25) is 18.0 Å². The molecule has 2 heterocycles. The fourth-order valence-electron chi connectivity index (χ4n) is 4.19. The van der Waals surface area contributed by atoms with Gasteiger partial charge in [0.15, 0.2) is 0 Å². The van der Waals surface area contributed by atoms with E-state index in [0.29, 0.717) is 41.9 Å². The molecule has 2 atom stereocenters. The van der Waals surface area contributed by atoms with Crippen LogP contribution in [0.2, 0.25) is 10.0 Å². The standard InChI is InChI=1S/C26H30Cl2N4O4/c1-3-32(13-11-30-19(2)33)21-5-7-22(8-6-21)34-15-23-16-35-26(36-23,17-31-12-10-29-18-31)24-9-4-20(27)14-25(24)28/h4-10,12,14,18,23H,3,11,13,15-17H2,1-2H3,(H,30,33)/p+1/t23-,26-/m0/s1. The quantitative estimate of drug-likeness (QED) is 0.365. The Balaban J connectivity index is 1.39. The molecule has 4 rings (SSSR count). The Morgan fingerprint density at radius 3 is 2.75 bits per heavy atom. The number of nitrogens with one attached hydrogen (secondary N) is 2. The average Bonchev–Trinajstić information content (AvgIpc) is 3.51. The van der Waals surface area contributed by atoms with Gasteiger partial charge in [-0.1, -0.05) is 29.3 Å². The molecule has 0 unspecified atom stereocenters. The number of carbonyl (C=O) groups is 1. The second kappa shape index (κ2) is 12.0. The molecule has 8 nitrogen and oxygen atoms in total. The number of hydrogen-bond donors (Lipinski definition) is 2. The van der Waals surface area contributed by atoms with Crippen molar-refractivity contribution in [2.24, 2.45) is 0 Å². The Kier molecular flexibility index (Phi) is 8.74. The van der Waals surface area contributed by atoms with Gasteiger partial charge in [0.05, 0.1) is 11.6 Å². The molecule has 1 saturated heterocycles. The SMILES string of the molecule is CCN(CCNC(C)=O)c1ccc(OC[C@H]2CO[C@](C[n+]3cc[nH]c3)(c3ccc(Cl)cc3Cl)O2)cc1. The van der Waals surface area contributed by atoms with Crippen LogP contribution in [0, 0.1) is 0 Å². The number of nitrogens with zero attached hydrogens (tertiary/aromatic N) is 2. The van der Waals surface area contributed by atoms with Gasteiger partial charge in [0.25, 0.3) is 0 Å². The second-order valence-corrected chi connectivity index (χ2v) is 9.42. The predicted molar refractivity (Wildman–Crippen MR) is 138 cm³/mol. The largest absolute Gasteiger partial charge is 0.491 e. The summed E-state index contributed by atoms with van der Waals surface area (Å²) in [6.07, 6.45) is 5.27. The topological polar surface area (TPSA) is 79.7 Å². The maximum atomic E-state index is 11.1. The summed E-state index contributed by atoms with van der Waals surface area (Å²) in [7, 11) is 0. The van der Waals surface area contributed by atoms with Crippen LogP contribution in [0.25, 0.3) is 0 Å². The summed E-state index contributed by atoms with van der Waals surface area (Å²) in [5.74, 6) is -0.355. The first-order valence-corrected chi connectivity index (χ1v) is 12.7. The smallest absolute Gasteiger partial charge is 0.241 e. The highest BCUT2D eigenvalue weighted by Crippen LogP contribution is 2.39. The van der Waals surface area contributed by atoms with Gasteiger partial charge in [0.1, 0.15) is 37.4 Å². The third-order valence-corrected chi connectivity index (χ3v) is 6.52. The van der Waals surface area contributed by atoms with E-state index in [4.69, 9.17) is 37.4 Å². The number of benzene rings is 2. The van der Waals surface area contributed by atoms with Crippen molar-refractivity contribution in [3.05, 3.63) is 76.8 Å². The molecule has 0 radical (unpaired) electrons. The van der Waals surface area contributed by atoms with Crippen molar-refractivity contribution >= 4 is 34.8 Å². The van der Waals surface area contributed by atoms with Gasteiger partial charge in [-0.3, -0.25) is 9.78 Å². The second-order valence-electron chi connectivity index (χ2n) is 8.58. The fraction of sp³-hybridized carbons (Fsp3) is 0.385. The lowest BCUT2D eigenvalue weighted by Crippen LogP contribution is -2.46. The van der Waals surface area contributed by atoms with Crippen molar-refractivity contribution in [1.82, 2.24) is 10.3 Å². The molecule has 36 heavy (non-hydrogen) atoms. The lowest BCUT2D eigenvalue weighted by atomic mass is 10.1. The highest BCUT2D eigenvalue weighted by molar-refractivity contribution is 6.35. The zero-order valence-electron chi connectivity index (χ0n) is 20.4. The third kappa shape index (κ3) is 6.50. The van der Waals surface area contributed by atoms with Crippen molar-refractivity contribution < 1.29 is 23.6 Å². The van der Waals surface area contributed by atoms with Gasteiger partial charge in [-0.25, -0.2) is 4.57 Å². The minimum absolute atomic E-state index is 0.0260. The molecule has 0 aliphatic carbocycles. The molecule has 1 aliphatic heterocycles. The minimum atomic E-state index is -1.07. The zero-order chi connectivity index (χ0) is 25.5. The molecule has 2 aromatic carbocycles. The number of ether oxygens (including phenoxy) is 3. The van der Waals surface area contributed by atoms with Gasteiger partial charge in [-0.2, -0.15) is 0 Å². The monoisotopic (exact) mass is 533 g/mol. The number of aromatic nitrogens is 2. The number of carbonyl (C=O) groups excluding carboxylic acids is 1. The van der Waals surface area contributed by atoms with Crippen molar-refractivity contribution in [1.29, 1.82) is 0 Å². The molecule has 0 saturated carbocycles. The van der Waals surface area contributed by atoms with Gasteiger partial charge in [-0.05, 0) is 43.3 Å². The van der Waals surface area contributed by atoms with Crippen molar-refractivity contribution in [2.45, 2.75) is 32.3 Å². The number of hydrogen-bond acceptors (Lipinski definition) is 5. The summed E-state index contributed by atoms with van der Waals surface area (Å²) in [4.78, 5) is 16.4. The van der Waals surface area contributed by atoms with E-state index in [1.54, 1.807) is 12.1 Å². The summed E-state index contributed by atoms with van der Waals surface area (Å²) >= 11 is 12.7. The van der Waals surface area contributed by atoms with Gasteiger partial charge >= 0.3 is 0 Å². The zero-order valence-corrected chi connectivity index (χ0v) is 21.9. The fourth-order valence-corrected chi connectivity index (χ4v) is 4.75. The van der Waals surface area contributed by atoms with E-state index in [1.165, 1.54) is 6.92 Å². The lowest BCUT2D eigenvalue weighted by molar-refractivity contribution is -0.719. The van der Waals surface area contributed by atoms with E-state index < -0.39 is 5.79 Å². The number of aromatic amines is 1. The maximum absolute atomic E-state index is 11.1. The first kappa shape index (κ1) is 26.3. The Morgan fingerprint density at radius 1 is 1.28 bits per heavy atom. The molecule has 1 aliphatic rings. The maximum Gasteiger partial charge on any atom is 0.241 e. The third-order valence-electron chi connectivity index (χ3n) is 5.97. The molecule has 0 spiro atoms. The van der Waals surface area contributed by atoms with Gasteiger partial charge in [-0.15, -0.1) is 0 Å². The average molecular weight is 534 g/mol. The van der Waals surface area contributed by atoms with Crippen LogP contribution >= 0.6 is 23.2 Å². The van der Waals surface area contributed by atoms with E-state index in [-0.39, 0.29) is 12.0 Å². The molecule has 10 heteroatoms. The first-order chi connectivity index (χ1) is 17.4. The van der Waals surface area contributed by atoms with Crippen LogP contribution in [0.4, 0.5) is 5.69 Å². The lowest BCUT2D eigenvalue weighted by Gasteiger charge is -2.27. The molecule has 0 bridgehead atoms. The number of imidazole rings is 1. The highest BCUT2D eigenvalue weighted by atomic mass is 35.5. The molecular weight excluding hydrogens is 503 g/mol. The van der Waals surface area contributed by atoms with E-state index >= 15 is 0 Å². The molecule has 3 aromatic rings. The van der Waals surface area contributed by atoms with E-state index in [2.05, 4.69) is 22.1 Å². The summed E-state index contributed by atoms with van der Waals surface area (Å²) in [6, 6.07) is 13.2. The molecule has 192 valence electrons. The predicted octanol–water partition coefficient (Wildman–Crippen LogP) is 3.92. The van der Waals surface area contributed by atoms with Crippen LogP contribution < -0.4 is 19.5 Å². The highest BCUT2D eigenvalue weighted by Gasteiger charge is 2.47. The Hall–Kier alpha value is -2.78. The van der Waals surface area contributed by atoms with E-state index in [1.807, 2.05) is 53.6 Å². The number of amides is 1. The van der Waals surface area contributed by atoms with Gasteiger partial charge in [0, 0.05) is 42.8 Å². The van der Waals surface area contributed by atoms with Crippen LogP contribution in [-0.2, 0) is 26.6 Å². The van der Waals surface area contributed by atoms with Crippen molar-refractivity contribution in [3.8, 4) is 5.75 Å². The number of anilines is 1. The summed E-state index contributed by atoms with van der Waals surface area (Å²) in [5.41, 5.74) is 1.78. The summed E-state index contributed by atoms with van der Waals surface area (Å²) < 4.78 is 20.7.